The molecule has 8 nitrogen and oxygen atoms in total. The van der Waals surface area contributed by atoms with Crippen molar-refractivity contribution in [3.05, 3.63) is 11.9 Å². The van der Waals surface area contributed by atoms with Crippen LogP contribution in [0.5, 0.6) is 0 Å². The summed E-state index contributed by atoms with van der Waals surface area (Å²) in [7, 11) is 3.91. The van der Waals surface area contributed by atoms with Crippen molar-refractivity contribution in [2.24, 2.45) is 5.92 Å². The topological polar surface area (TPSA) is 100 Å². The molecule has 21 heavy (non-hydrogen) atoms. The van der Waals surface area contributed by atoms with Gasteiger partial charge in [-0.1, -0.05) is 19.1 Å². The number of amides is 1. The van der Waals surface area contributed by atoms with E-state index >= 15 is 0 Å². The Balaban J connectivity index is 2.57. The molecule has 1 unspecified atom stereocenters. The zero-order valence-electron chi connectivity index (χ0n) is 12.9. The Bertz CT molecular complexity index is 474. The number of carbonyl (C=O) groups is 2. The van der Waals surface area contributed by atoms with E-state index in [-0.39, 0.29) is 24.2 Å². The van der Waals surface area contributed by atoms with E-state index in [1.807, 2.05) is 19.0 Å². The first-order valence-electron chi connectivity index (χ1n) is 6.85. The molecule has 0 bridgehead atoms. The largest absolute Gasteiger partial charge is 0.476 e. The summed E-state index contributed by atoms with van der Waals surface area (Å²) in [6.45, 7) is 4.92. The molecule has 0 radical (unpaired) electrons. The molecule has 0 aliphatic carbocycles. The standard InChI is InChI=1S/C13H23N5O3/c1-9(2)5-10(6-17(3)4)14-12(19)8-18-7-11(13(20)21)15-16-18/h7,9-10H,5-6,8H2,1-4H3,(H,14,19)(H,20,21). The molecule has 0 saturated heterocycles. The molecule has 1 aromatic rings. The van der Waals surface area contributed by atoms with Crippen LogP contribution in [-0.4, -0.2) is 63.6 Å². The van der Waals surface area contributed by atoms with E-state index in [9.17, 15) is 9.59 Å². The van der Waals surface area contributed by atoms with Crippen LogP contribution in [0.3, 0.4) is 0 Å². The lowest BCUT2D eigenvalue weighted by Gasteiger charge is -2.23. The van der Waals surface area contributed by atoms with Gasteiger partial charge >= 0.3 is 5.97 Å². The van der Waals surface area contributed by atoms with Crippen molar-refractivity contribution in [2.75, 3.05) is 20.6 Å². The van der Waals surface area contributed by atoms with Gasteiger partial charge in [-0.15, -0.1) is 5.10 Å². The second-order valence-corrected chi connectivity index (χ2v) is 5.76. The van der Waals surface area contributed by atoms with Crippen LogP contribution in [0.15, 0.2) is 6.20 Å². The van der Waals surface area contributed by atoms with Gasteiger partial charge in [0.2, 0.25) is 5.91 Å². The van der Waals surface area contributed by atoms with E-state index in [4.69, 9.17) is 5.11 Å². The van der Waals surface area contributed by atoms with Gasteiger partial charge in [0.25, 0.3) is 0 Å². The van der Waals surface area contributed by atoms with Gasteiger partial charge in [0.1, 0.15) is 6.54 Å². The molecule has 1 aromatic heterocycles. The quantitative estimate of drug-likeness (QED) is 0.704. The summed E-state index contributed by atoms with van der Waals surface area (Å²) in [5, 5.41) is 18.8. The van der Waals surface area contributed by atoms with Crippen LogP contribution in [0, 0.1) is 5.92 Å². The minimum absolute atomic E-state index is 0.0394. The van der Waals surface area contributed by atoms with Crippen molar-refractivity contribution >= 4 is 11.9 Å². The third kappa shape index (κ3) is 6.35. The lowest BCUT2D eigenvalue weighted by atomic mass is 10.0. The minimum atomic E-state index is -1.16. The van der Waals surface area contributed by atoms with Crippen molar-refractivity contribution in [3.63, 3.8) is 0 Å². The van der Waals surface area contributed by atoms with Crippen LogP contribution < -0.4 is 5.32 Å². The van der Waals surface area contributed by atoms with Gasteiger partial charge in [0, 0.05) is 12.6 Å². The van der Waals surface area contributed by atoms with E-state index in [2.05, 4.69) is 29.5 Å². The van der Waals surface area contributed by atoms with Crippen molar-refractivity contribution in [1.29, 1.82) is 0 Å². The minimum Gasteiger partial charge on any atom is -0.476 e. The number of hydrogen-bond donors (Lipinski definition) is 2. The summed E-state index contributed by atoms with van der Waals surface area (Å²) >= 11 is 0. The second kappa shape index (κ2) is 7.72. The fourth-order valence-corrected chi connectivity index (χ4v) is 2.08. The third-order valence-corrected chi connectivity index (χ3v) is 2.77. The van der Waals surface area contributed by atoms with Gasteiger partial charge in [-0.25, -0.2) is 9.48 Å². The second-order valence-electron chi connectivity index (χ2n) is 5.76. The average molecular weight is 297 g/mol. The monoisotopic (exact) mass is 297 g/mol. The van der Waals surface area contributed by atoms with E-state index in [1.54, 1.807) is 0 Å². The predicted molar refractivity (Wildman–Crippen MR) is 76.9 cm³/mol. The summed E-state index contributed by atoms with van der Waals surface area (Å²) in [4.78, 5) is 24.7. The van der Waals surface area contributed by atoms with Crippen LogP contribution in [-0.2, 0) is 11.3 Å². The molecule has 118 valence electrons. The predicted octanol–water partition coefficient (Wildman–Crippen LogP) is 0.0688. The van der Waals surface area contributed by atoms with Crippen LogP contribution >= 0.6 is 0 Å². The van der Waals surface area contributed by atoms with Gasteiger partial charge in [-0.05, 0) is 26.4 Å². The molecule has 0 spiro atoms. The van der Waals surface area contributed by atoms with Gasteiger partial charge in [-0.2, -0.15) is 0 Å². The molecule has 1 amide bonds. The van der Waals surface area contributed by atoms with Crippen molar-refractivity contribution in [3.8, 4) is 0 Å². The SMILES string of the molecule is CC(C)CC(CN(C)C)NC(=O)Cn1cc(C(=O)O)nn1. The van der Waals surface area contributed by atoms with E-state index in [0.29, 0.717) is 5.92 Å². The highest BCUT2D eigenvalue weighted by Gasteiger charge is 2.16. The molecule has 0 fully saturated rings. The molecule has 1 heterocycles. The Morgan fingerprint density at radius 2 is 2.10 bits per heavy atom. The number of nitrogens with zero attached hydrogens (tertiary/aromatic N) is 4. The molecule has 0 aliphatic rings. The smallest absolute Gasteiger partial charge is 0.358 e. The van der Waals surface area contributed by atoms with Crippen LogP contribution in [0.4, 0.5) is 0 Å². The van der Waals surface area contributed by atoms with Crippen LogP contribution in [0.2, 0.25) is 0 Å². The Morgan fingerprint density at radius 1 is 1.43 bits per heavy atom. The first kappa shape index (κ1) is 17.1. The molecular weight excluding hydrogens is 274 g/mol. The molecule has 0 aromatic carbocycles. The number of hydrogen-bond acceptors (Lipinski definition) is 5. The number of carboxylic acids is 1. The zero-order chi connectivity index (χ0) is 16.0. The Labute approximate surface area is 124 Å². The number of likely N-dealkylation sites (N-methyl/N-ethyl adjacent to an activating group) is 1. The highest BCUT2D eigenvalue weighted by molar-refractivity contribution is 5.84. The summed E-state index contributed by atoms with van der Waals surface area (Å²) in [6, 6.07) is 0.0509. The van der Waals surface area contributed by atoms with E-state index < -0.39 is 5.97 Å². The highest BCUT2D eigenvalue weighted by atomic mass is 16.4. The Morgan fingerprint density at radius 3 is 2.57 bits per heavy atom. The normalized spacial score (nSPS) is 12.7. The first-order valence-corrected chi connectivity index (χ1v) is 6.85. The molecular formula is C13H23N5O3. The first-order chi connectivity index (χ1) is 9.77. The number of nitrogens with one attached hydrogen (secondary N) is 1. The maximum Gasteiger partial charge on any atom is 0.358 e. The Kier molecular flexibility index (Phi) is 6.29. The molecule has 2 N–H and O–H groups in total. The number of rotatable bonds is 8. The summed E-state index contributed by atoms with van der Waals surface area (Å²) in [5.74, 6) is -0.892. The maximum atomic E-state index is 12.0. The van der Waals surface area contributed by atoms with Gasteiger partial charge < -0.3 is 15.3 Å². The van der Waals surface area contributed by atoms with Crippen LogP contribution in [0.1, 0.15) is 30.8 Å². The van der Waals surface area contributed by atoms with Crippen molar-refractivity contribution in [2.45, 2.75) is 32.9 Å². The fraction of sp³-hybridized carbons (Fsp3) is 0.692. The maximum absolute atomic E-state index is 12.0. The van der Waals surface area contributed by atoms with Gasteiger partial charge in [0.05, 0.1) is 6.20 Å². The number of carbonyl (C=O) groups excluding carboxylic acids is 1. The van der Waals surface area contributed by atoms with E-state index in [1.165, 1.54) is 10.9 Å². The lowest BCUT2D eigenvalue weighted by molar-refractivity contribution is -0.122. The lowest BCUT2D eigenvalue weighted by Crippen LogP contribution is -2.43. The summed E-state index contributed by atoms with van der Waals surface area (Å²) < 4.78 is 1.22. The Hall–Kier alpha value is -1.96. The number of carboxylic acid groups (broad SMARTS) is 1. The highest BCUT2D eigenvalue weighted by Crippen LogP contribution is 2.05. The van der Waals surface area contributed by atoms with Crippen LogP contribution in [0.25, 0.3) is 0 Å². The van der Waals surface area contributed by atoms with Gasteiger partial charge in [0.15, 0.2) is 5.69 Å². The van der Waals surface area contributed by atoms with Gasteiger partial charge in [-0.3, -0.25) is 4.79 Å². The average Bonchev–Trinajstić information content (AvgIpc) is 2.75. The molecule has 8 heteroatoms. The summed E-state index contributed by atoms with van der Waals surface area (Å²) in [6.07, 6.45) is 2.12. The molecule has 1 rings (SSSR count). The zero-order valence-corrected chi connectivity index (χ0v) is 12.9. The third-order valence-electron chi connectivity index (χ3n) is 2.77. The molecule has 1 atom stereocenters. The molecule has 0 aliphatic heterocycles. The summed E-state index contributed by atoms with van der Waals surface area (Å²) in [5.41, 5.74) is -0.171. The fourth-order valence-electron chi connectivity index (χ4n) is 2.08. The number of aromatic carboxylic acids is 1. The molecule has 0 saturated carbocycles. The number of aromatic nitrogens is 3. The van der Waals surface area contributed by atoms with Crippen molar-refractivity contribution < 1.29 is 14.7 Å². The van der Waals surface area contributed by atoms with E-state index in [0.717, 1.165) is 13.0 Å². The van der Waals surface area contributed by atoms with Crippen molar-refractivity contribution in [1.82, 2.24) is 25.2 Å².